The van der Waals surface area contributed by atoms with E-state index in [0.717, 1.165) is 29.0 Å². The van der Waals surface area contributed by atoms with Gasteiger partial charge >= 0.3 is 0 Å². The van der Waals surface area contributed by atoms with Crippen molar-refractivity contribution in [2.45, 2.75) is 19.9 Å². The van der Waals surface area contributed by atoms with E-state index in [1.54, 1.807) is 12.3 Å². The number of benzene rings is 1. The lowest BCUT2D eigenvalue weighted by Crippen LogP contribution is -2.44. The molecule has 1 aromatic carbocycles. The lowest BCUT2D eigenvalue weighted by Gasteiger charge is -2.34. The van der Waals surface area contributed by atoms with E-state index in [-0.39, 0.29) is 5.82 Å². The highest BCUT2D eigenvalue weighted by molar-refractivity contribution is 5.82. The van der Waals surface area contributed by atoms with Gasteiger partial charge in [0, 0.05) is 35.5 Å². The minimum absolute atomic E-state index is 0.300. The third kappa shape index (κ3) is 3.05. The predicted molar refractivity (Wildman–Crippen MR) is 95.1 cm³/mol. The van der Waals surface area contributed by atoms with Gasteiger partial charge in [-0.15, -0.1) is 0 Å². The maximum atomic E-state index is 13.5. The normalized spacial score (nSPS) is 17.9. The number of aryl methyl sites for hydroxylation is 1. The molecular formula is C19H19FN4O. The van der Waals surface area contributed by atoms with Crippen molar-refractivity contribution >= 4 is 16.7 Å². The fraction of sp³-hybridized carbons (Fsp3) is 0.316. The number of hydrogen-bond donors (Lipinski definition) is 0. The van der Waals surface area contributed by atoms with Crippen LogP contribution in [-0.4, -0.2) is 40.8 Å². The summed E-state index contributed by atoms with van der Waals surface area (Å²) in [7, 11) is 0. The summed E-state index contributed by atoms with van der Waals surface area (Å²) >= 11 is 0. The van der Waals surface area contributed by atoms with Crippen molar-refractivity contribution in [2.24, 2.45) is 0 Å². The molecule has 0 aliphatic carbocycles. The minimum atomic E-state index is -0.300. The summed E-state index contributed by atoms with van der Waals surface area (Å²) in [5.41, 5.74) is 2.25. The molecule has 4 rings (SSSR count). The third-order valence-electron chi connectivity index (χ3n) is 4.52. The van der Waals surface area contributed by atoms with E-state index in [2.05, 4.69) is 26.8 Å². The Kier molecular flexibility index (Phi) is 4.05. The van der Waals surface area contributed by atoms with E-state index in [1.165, 1.54) is 12.1 Å². The molecule has 1 atom stereocenters. The summed E-state index contributed by atoms with van der Waals surface area (Å²) in [6.45, 7) is 6.29. The molecule has 1 aliphatic heterocycles. The lowest BCUT2D eigenvalue weighted by atomic mass is 10.1. The summed E-state index contributed by atoms with van der Waals surface area (Å²) in [5, 5.41) is 0.858. The molecule has 5 nitrogen and oxygen atoms in total. The van der Waals surface area contributed by atoms with Gasteiger partial charge in [0.05, 0.1) is 24.8 Å². The lowest BCUT2D eigenvalue weighted by molar-refractivity contribution is 0.0985. The first-order chi connectivity index (χ1) is 12.1. The zero-order chi connectivity index (χ0) is 17.4. The summed E-state index contributed by atoms with van der Waals surface area (Å²) in [4.78, 5) is 15.9. The van der Waals surface area contributed by atoms with Crippen LogP contribution in [0.25, 0.3) is 22.3 Å². The molecule has 3 aromatic rings. The van der Waals surface area contributed by atoms with Crippen LogP contribution in [0.15, 0.2) is 36.5 Å². The van der Waals surface area contributed by atoms with Gasteiger partial charge in [0.2, 0.25) is 0 Å². The van der Waals surface area contributed by atoms with Crippen LogP contribution in [0.2, 0.25) is 0 Å². The molecule has 0 spiro atoms. The van der Waals surface area contributed by atoms with Crippen LogP contribution in [-0.2, 0) is 4.74 Å². The Labute approximate surface area is 145 Å². The van der Waals surface area contributed by atoms with E-state index in [1.807, 2.05) is 19.1 Å². The fourth-order valence-corrected chi connectivity index (χ4v) is 3.15. The van der Waals surface area contributed by atoms with Gasteiger partial charge in [-0.2, -0.15) is 0 Å². The molecule has 1 saturated heterocycles. The van der Waals surface area contributed by atoms with E-state index < -0.39 is 0 Å². The Bertz CT molecular complexity index is 913. The van der Waals surface area contributed by atoms with Crippen LogP contribution in [0.4, 0.5) is 10.2 Å². The number of halogens is 1. The maximum absolute atomic E-state index is 13.5. The average molecular weight is 338 g/mol. The number of rotatable bonds is 2. The molecule has 3 heterocycles. The Morgan fingerprint density at radius 1 is 1.20 bits per heavy atom. The number of nitrogens with zero attached hydrogens (tertiary/aromatic N) is 4. The summed E-state index contributed by atoms with van der Waals surface area (Å²) in [6.07, 6.45) is 1.78. The van der Waals surface area contributed by atoms with Gasteiger partial charge in [-0.05, 0) is 38.1 Å². The maximum Gasteiger partial charge on any atom is 0.161 e. The van der Waals surface area contributed by atoms with Gasteiger partial charge in [-0.25, -0.2) is 19.3 Å². The van der Waals surface area contributed by atoms with E-state index >= 15 is 0 Å². The number of pyridine rings is 1. The summed E-state index contributed by atoms with van der Waals surface area (Å²) in [5.74, 6) is 1.18. The largest absolute Gasteiger partial charge is 0.377 e. The van der Waals surface area contributed by atoms with Gasteiger partial charge in [0.1, 0.15) is 11.6 Å². The third-order valence-corrected chi connectivity index (χ3v) is 4.52. The second kappa shape index (κ2) is 6.37. The highest BCUT2D eigenvalue weighted by atomic mass is 19.1. The van der Waals surface area contributed by atoms with Gasteiger partial charge in [0.25, 0.3) is 0 Å². The first-order valence-electron chi connectivity index (χ1n) is 8.36. The van der Waals surface area contributed by atoms with E-state index in [4.69, 9.17) is 4.74 Å². The van der Waals surface area contributed by atoms with Crippen molar-refractivity contribution in [3.8, 4) is 11.4 Å². The number of fused-ring (bicyclic) bond motifs is 1. The van der Waals surface area contributed by atoms with Gasteiger partial charge in [-0.1, -0.05) is 0 Å². The molecule has 0 N–H and O–H groups in total. The predicted octanol–water partition coefficient (Wildman–Crippen LogP) is 3.36. The quantitative estimate of drug-likeness (QED) is 0.717. The molecule has 0 bridgehead atoms. The monoisotopic (exact) mass is 338 g/mol. The van der Waals surface area contributed by atoms with Gasteiger partial charge in [0.15, 0.2) is 5.82 Å². The van der Waals surface area contributed by atoms with E-state index in [9.17, 15) is 4.39 Å². The van der Waals surface area contributed by atoms with Crippen LogP contribution in [0.3, 0.4) is 0 Å². The molecule has 1 unspecified atom stereocenters. The molecule has 128 valence electrons. The first kappa shape index (κ1) is 15.9. The smallest absolute Gasteiger partial charge is 0.161 e. The Balaban J connectivity index is 1.69. The number of anilines is 1. The number of hydrogen-bond acceptors (Lipinski definition) is 5. The SMILES string of the molecule is Cc1nc(-c2ccc(N3CCOCC3C)nc2)nc2cc(F)ccc12. The van der Waals surface area contributed by atoms with Crippen molar-refractivity contribution in [1.82, 2.24) is 15.0 Å². The Morgan fingerprint density at radius 2 is 2.08 bits per heavy atom. The summed E-state index contributed by atoms with van der Waals surface area (Å²) in [6, 6.07) is 8.82. The van der Waals surface area contributed by atoms with Crippen molar-refractivity contribution in [2.75, 3.05) is 24.7 Å². The van der Waals surface area contributed by atoms with Crippen molar-refractivity contribution < 1.29 is 9.13 Å². The van der Waals surface area contributed by atoms with Gasteiger partial charge < -0.3 is 9.64 Å². The highest BCUT2D eigenvalue weighted by Gasteiger charge is 2.20. The van der Waals surface area contributed by atoms with Crippen LogP contribution in [0.5, 0.6) is 0 Å². The molecule has 0 radical (unpaired) electrons. The van der Waals surface area contributed by atoms with Crippen molar-refractivity contribution in [3.63, 3.8) is 0 Å². The fourth-order valence-electron chi connectivity index (χ4n) is 3.15. The molecule has 1 fully saturated rings. The molecule has 0 amide bonds. The number of ether oxygens (including phenoxy) is 1. The number of morpholine rings is 1. The van der Waals surface area contributed by atoms with Crippen LogP contribution in [0.1, 0.15) is 12.6 Å². The van der Waals surface area contributed by atoms with E-state index in [0.29, 0.717) is 30.6 Å². The minimum Gasteiger partial charge on any atom is -0.377 e. The average Bonchev–Trinajstić information content (AvgIpc) is 2.62. The second-order valence-electron chi connectivity index (χ2n) is 6.32. The topological polar surface area (TPSA) is 51.1 Å². The van der Waals surface area contributed by atoms with Crippen molar-refractivity contribution in [3.05, 3.63) is 48.0 Å². The Hall–Kier alpha value is -2.60. The molecule has 2 aromatic heterocycles. The first-order valence-corrected chi connectivity index (χ1v) is 8.36. The molecule has 25 heavy (non-hydrogen) atoms. The highest BCUT2D eigenvalue weighted by Crippen LogP contribution is 2.24. The van der Waals surface area contributed by atoms with Crippen LogP contribution < -0.4 is 4.90 Å². The molecule has 6 heteroatoms. The zero-order valence-electron chi connectivity index (χ0n) is 14.2. The van der Waals surface area contributed by atoms with Crippen LogP contribution in [0, 0.1) is 12.7 Å². The second-order valence-corrected chi connectivity index (χ2v) is 6.32. The molecular weight excluding hydrogens is 319 g/mol. The molecule has 1 aliphatic rings. The van der Waals surface area contributed by atoms with Crippen molar-refractivity contribution in [1.29, 1.82) is 0 Å². The standard InChI is InChI=1S/C19H19FN4O/c1-12-11-25-8-7-24(12)18-6-3-14(10-21-18)19-22-13(2)16-5-4-15(20)9-17(16)23-19/h3-6,9-10,12H,7-8,11H2,1-2H3. The zero-order valence-corrected chi connectivity index (χ0v) is 14.2. The Morgan fingerprint density at radius 3 is 2.84 bits per heavy atom. The van der Waals surface area contributed by atoms with Gasteiger partial charge in [-0.3, -0.25) is 0 Å². The summed E-state index contributed by atoms with van der Waals surface area (Å²) < 4.78 is 19.0. The number of aromatic nitrogens is 3. The van der Waals surface area contributed by atoms with Crippen LogP contribution >= 0.6 is 0 Å². The molecule has 0 saturated carbocycles.